The van der Waals surface area contributed by atoms with Crippen LogP contribution < -0.4 is 15.0 Å². The van der Waals surface area contributed by atoms with Crippen LogP contribution in [0, 0.1) is 5.82 Å². The molecule has 8 nitrogen and oxygen atoms in total. The van der Waals surface area contributed by atoms with Gasteiger partial charge in [-0.3, -0.25) is 9.59 Å². The number of benzene rings is 1. The first kappa shape index (κ1) is 20.2. The van der Waals surface area contributed by atoms with Crippen LogP contribution in [0.2, 0.25) is 0 Å². The summed E-state index contributed by atoms with van der Waals surface area (Å²) in [5, 5.41) is 6.59. The third-order valence-electron chi connectivity index (χ3n) is 3.90. The minimum atomic E-state index is -0.743. The van der Waals surface area contributed by atoms with E-state index in [1.165, 1.54) is 30.2 Å². The van der Waals surface area contributed by atoms with Gasteiger partial charge in [0.2, 0.25) is 5.91 Å². The predicted octanol–water partition coefficient (Wildman–Crippen LogP) is 1.76. The van der Waals surface area contributed by atoms with Crippen molar-refractivity contribution in [1.82, 2.24) is 15.4 Å². The highest BCUT2D eigenvalue weighted by Gasteiger charge is 2.28. The number of amides is 2. The average Bonchev–Trinajstić information content (AvgIpc) is 3.06. The van der Waals surface area contributed by atoms with Gasteiger partial charge in [0.15, 0.2) is 23.1 Å². The molecule has 0 aliphatic heterocycles. The number of aromatic nitrogens is 1. The molecule has 0 aliphatic rings. The Labute approximate surface area is 156 Å². The van der Waals surface area contributed by atoms with Gasteiger partial charge in [0.25, 0.3) is 5.91 Å². The number of halogens is 1. The lowest BCUT2D eigenvalue weighted by atomic mass is 10.1. The third kappa shape index (κ3) is 4.18. The number of carbonyl (C=O) groups is 2. The van der Waals surface area contributed by atoms with Crippen LogP contribution >= 0.6 is 0 Å². The van der Waals surface area contributed by atoms with E-state index in [-0.39, 0.29) is 28.8 Å². The first-order valence-electron chi connectivity index (χ1n) is 8.20. The largest absolute Gasteiger partial charge is 0.494 e. The molecule has 1 unspecified atom stereocenters. The smallest absolute Gasteiger partial charge is 0.259 e. The molecule has 146 valence electrons. The summed E-state index contributed by atoms with van der Waals surface area (Å²) in [6.45, 7) is 1.59. The van der Waals surface area contributed by atoms with Gasteiger partial charge >= 0.3 is 0 Å². The number of nitrogens with zero attached hydrogens (tertiary/aromatic N) is 3. The molecule has 0 spiro atoms. The fourth-order valence-electron chi connectivity index (χ4n) is 2.51. The molecule has 0 radical (unpaired) electrons. The molecular weight excluding hydrogens is 355 g/mol. The van der Waals surface area contributed by atoms with Crippen LogP contribution in [0.5, 0.6) is 5.75 Å². The molecule has 1 aromatic heterocycles. The predicted molar refractivity (Wildman–Crippen MR) is 98.4 cm³/mol. The van der Waals surface area contributed by atoms with Crippen LogP contribution in [0.15, 0.2) is 22.7 Å². The molecule has 1 N–H and O–H groups in total. The molecule has 27 heavy (non-hydrogen) atoms. The summed E-state index contributed by atoms with van der Waals surface area (Å²) in [5.41, 5.74) is 0.567. The molecule has 0 saturated carbocycles. The van der Waals surface area contributed by atoms with E-state index >= 15 is 0 Å². The van der Waals surface area contributed by atoms with Crippen molar-refractivity contribution < 1.29 is 23.2 Å². The van der Waals surface area contributed by atoms with Crippen LogP contribution in [0.3, 0.4) is 0 Å². The standard InChI is InChI=1S/C18H23FN4O4/c1-10(18(25)23(4)5)20-17(24)14-15(27-21-16(14)22(2)3)11-7-8-12(19)13(9-11)26-6/h7-10H,1-6H3,(H,20,24). The Morgan fingerprint density at radius 1 is 1.26 bits per heavy atom. The van der Waals surface area contributed by atoms with E-state index in [1.807, 2.05) is 0 Å². The van der Waals surface area contributed by atoms with Crippen molar-refractivity contribution in [1.29, 1.82) is 0 Å². The number of nitrogens with one attached hydrogen (secondary N) is 1. The summed E-state index contributed by atoms with van der Waals surface area (Å²) in [5.74, 6) is -0.867. The van der Waals surface area contributed by atoms with Crippen LogP contribution in [0.25, 0.3) is 11.3 Å². The Kier molecular flexibility index (Phi) is 6.04. The first-order chi connectivity index (χ1) is 12.7. The topological polar surface area (TPSA) is 87.9 Å². The number of carbonyl (C=O) groups excluding carboxylic acids is 2. The fourth-order valence-corrected chi connectivity index (χ4v) is 2.51. The Morgan fingerprint density at radius 2 is 1.93 bits per heavy atom. The van der Waals surface area contributed by atoms with E-state index in [1.54, 1.807) is 40.0 Å². The summed E-state index contributed by atoms with van der Waals surface area (Å²) in [6.07, 6.45) is 0. The molecule has 1 aromatic carbocycles. The fraction of sp³-hybridized carbons (Fsp3) is 0.389. The zero-order valence-electron chi connectivity index (χ0n) is 16.2. The zero-order valence-corrected chi connectivity index (χ0v) is 16.2. The Balaban J connectivity index is 2.47. The van der Waals surface area contributed by atoms with Gasteiger partial charge in [0.1, 0.15) is 11.6 Å². The van der Waals surface area contributed by atoms with E-state index in [9.17, 15) is 14.0 Å². The molecule has 2 rings (SSSR count). The minimum absolute atomic E-state index is 0.0119. The maximum absolute atomic E-state index is 13.7. The monoisotopic (exact) mass is 378 g/mol. The number of methoxy groups -OCH3 is 1. The van der Waals surface area contributed by atoms with Gasteiger partial charge in [-0.25, -0.2) is 4.39 Å². The molecule has 2 amide bonds. The maximum atomic E-state index is 13.7. The Bertz CT molecular complexity index is 848. The van der Waals surface area contributed by atoms with Crippen molar-refractivity contribution in [3.63, 3.8) is 0 Å². The van der Waals surface area contributed by atoms with Crippen molar-refractivity contribution in [3.8, 4) is 17.1 Å². The van der Waals surface area contributed by atoms with Crippen molar-refractivity contribution in [2.75, 3.05) is 40.2 Å². The average molecular weight is 378 g/mol. The molecule has 0 bridgehead atoms. The molecule has 0 aliphatic carbocycles. The molecule has 9 heteroatoms. The van der Waals surface area contributed by atoms with Crippen LogP contribution in [0.1, 0.15) is 17.3 Å². The van der Waals surface area contributed by atoms with Gasteiger partial charge < -0.3 is 24.4 Å². The van der Waals surface area contributed by atoms with E-state index in [4.69, 9.17) is 9.26 Å². The van der Waals surface area contributed by atoms with Gasteiger partial charge in [0, 0.05) is 33.8 Å². The molecule has 2 aromatic rings. The molecule has 0 saturated heterocycles. The quantitative estimate of drug-likeness (QED) is 0.824. The number of anilines is 1. The second-order valence-electron chi connectivity index (χ2n) is 6.38. The highest BCUT2D eigenvalue weighted by atomic mass is 19.1. The van der Waals surface area contributed by atoms with Gasteiger partial charge in [-0.1, -0.05) is 5.16 Å². The molecular formula is C18H23FN4O4. The van der Waals surface area contributed by atoms with Crippen molar-refractivity contribution in [3.05, 3.63) is 29.6 Å². The van der Waals surface area contributed by atoms with E-state index in [0.29, 0.717) is 5.56 Å². The number of hydrogen-bond acceptors (Lipinski definition) is 6. The third-order valence-corrected chi connectivity index (χ3v) is 3.90. The van der Waals surface area contributed by atoms with Crippen molar-refractivity contribution >= 4 is 17.6 Å². The molecule has 1 heterocycles. The second-order valence-corrected chi connectivity index (χ2v) is 6.38. The lowest BCUT2D eigenvalue weighted by Crippen LogP contribution is -2.44. The number of hydrogen-bond donors (Lipinski definition) is 1. The summed E-state index contributed by atoms with van der Waals surface area (Å²) < 4.78 is 24.1. The Morgan fingerprint density at radius 3 is 2.48 bits per heavy atom. The summed E-state index contributed by atoms with van der Waals surface area (Å²) >= 11 is 0. The molecule has 0 fully saturated rings. The van der Waals surface area contributed by atoms with Crippen molar-refractivity contribution in [2.24, 2.45) is 0 Å². The van der Waals surface area contributed by atoms with Crippen LogP contribution in [-0.2, 0) is 4.79 Å². The first-order valence-corrected chi connectivity index (χ1v) is 8.20. The van der Waals surface area contributed by atoms with E-state index in [0.717, 1.165) is 0 Å². The van der Waals surface area contributed by atoms with E-state index < -0.39 is 17.8 Å². The summed E-state index contributed by atoms with van der Waals surface area (Å²) in [4.78, 5) is 27.9. The highest BCUT2D eigenvalue weighted by molar-refractivity contribution is 6.05. The Hall–Kier alpha value is -3.10. The summed E-state index contributed by atoms with van der Waals surface area (Å²) in [6, 6.07) is 3.35. The zero-order chi connectivity index (χ0) is 20.3. The number of ether oxygens (including phenoxy) is 1. The lowest BCUT2D eigenvalue weighted by Gasteiger charge is -2.18. The van der Waals surface area contributed by atoms with Gasteiger partial charge in [-0.2, -0.15) is 0 Å². The number of rotatable bonds is 6. The lowest BCUT2D eigenvalue weighted by molar-refractivity contribution is -0.130. The minimum Gasteiger partial charge on any atom is -0.494 e. The van der Waals surface area contributed by atoms with E-state index in [2.05, 4.69) is 10.5 Å². The maximum Gasteiger partial charge on any atom is 0.259 e. The normalized spacial score (nSPS) is 11.7. The van der Waals surface area contributed by atoms with Crippen LogP contribution in [-0.4, -0.2) is 63.2 Å². The highest BCUT2D eigenvalue weighted by Crippen LogP contribution is 2.33. The molecule has 1 atom stereocenters. The van der Waals surface area contributed by atoms with Gasteiger partial charge in [-0.05, 0) is 25.1 Å². The summed E-state index contributed by atoms with van der Waals surface area (Å²) in [7, 11) is 7.96. The SMILES string of the molecule is COc1cc(-c2onc(N(C)C)c2C(=O)NC(C)C(=O)N(C)C)ccc1F. The van der Waals surface area contributed by atoms with Gasteiger partial charge in [-0.15, -0.1) is 0 Å². The van der Waals surface area contributed by atoms with Gasteiger partial charge in [0.05, 0.1) is 7.11 Å². The number of likely N-dealkylation sites (N-methyl/N-ethyl adjacent to an activating group) is 1. The second kappa shape index (κ2) is 8.07. The van der Waals surface area contributed by atoms with Crippen LogP contribution in [0.4, 0.5) is 10.2 Å². The van der Waals surface area contributed by atoms with Crippen molar-refractivity contribution in [2.45, 2.75) is 13.0 Å².